The Hall–Kier alpha value is -1.55. The van der Waals surface area contributed by atoms with E-state index in [0.717, 1.165) is 36.2 Å². The average Bonchev–Trinajstić information content (AvgIpc) is 2.85. The van der Waals surface area contributed by atoms with Gasteiger partial charge in [0.2, 0.25) is 0 Å². The van der Waals surface area contributed by atoms with E-state index in [1.54, 1.807) is 12.5 Å². The molecule has 0 spiro atoms. The predicted molar refractivity (Wildman–Crippen MR) is 63.7 cm³/mol. The molecule has 4 heteroatoms. The quantitative estimate of drug-likeness (QED) is 0.860. The van der Waals surface area contributed by atoms with Gasteiger partial charge in [-0.25, -0.2) is 4.98 Å². The zero-order valence-electron chi connectivity index (χ0n) is 9.90. The topological polar surface area (TPSA) is 51.2 Å². The van der Waals surface area contributed by atoms with Crippen LogP contribution in [0.25, 0.3) is 11.5 Å². The molecule has 0 aromatic carbocycles. The molecule has 0 radical (unpaired) electrons. The Kier molecular flexibility index (Phi) is 2.73. The SMILES string of the molecule is Cc1ccoc1-c1cnc(CCNC2CC2)o1. The second-order valence-corrected chi connectivity index (χ2v) is 4.53. The van der Waals surface area contributed by atoms with Crippen LogP contribution in [0, 0.1) is 6.92 Å². The summed E-state index contributed by atoms with van der Waals surface area (Å²) in [5, 5.41) is 3.44. The lowest BCUT2D eigenvalue weighted by Crippen LogP contribution is -2.19. The zero-order chi connectivity index (χ0) is 11.7. The third-order valence-corrected chi connectivity index (χ3v) is 2.99. The van der Waals surface area contributed by atoms with E-state index >= 15 is 0 Å². The highest BCUT2D eigenvalue weighted by Gasteiger charge is 2.20. The molecule has 0 unspecified atom stereocenters. The number of hydrogen-bond acceptors (Lipinski definition) is 4. The van der Waals surface area contributed by atoms with Gasteiger partial charge in [0.15, 0.2) is 17.4 Å². The number of aryl methyl sites for hydroxylation is 1. The molecule has 90 valence electrons. The van der Waals surface area contributed by atoms with Crippen LogP contribution >= 0.6 is 0 Å². The first kappa shape index (κ1) is 10.6. The van der Waals surface area contributed by atoms with Crippen LogP contribution in [0.1, 0.15) is 24.3 Å². The standard InChI is InChI=1S/C13H16N2O2/c1-9-5-7-16-13(9)11-8-15-12(17-11)4-6-14-10-2-3-10/h5,7-8,10,14H,2-4,6H2,1H3. The van der Waals surface area contributed by atoms with Crippen molar-refractivity contribution in [2.75, 3.05) is 6.54 Å². The van der Waals surface area contributed by atoms with Crippen molar-refractivity contribution in [1.82, 2.24) is 10.3 Å². The van der Waals surface area contributed by atoms with E-state index in [4.69, 9.17) is 8.83 Å². The Morgan fingerprint density at radius 2 is 2.35 bits per heavy atom. The first-order valence-electron chi connectivity index (χ1n) is 6.05. The summed E-state index contributed by atoms with van der Waals surface area (Å²) in [7, 11) is 0. The fourth-order valence-electron chi connectivity index (χ4n) is 1.83. The van der Waals surface area contributed by atoms with E-state index in [2.05, 4.69) is 10.3 Å². The summed E-state index contributed by atoms with van der Waals surface area (Å²) in [5.41, 5.74) is 1.07. The molecule has 0 atom stereocenters. The number of nitrogens with one attached hydrogen (secondary N) is 1. The molecule has 1 fully saturated rings. The molecule has 17 heavy (non-hydrogen) atoms. The summed E-state index contributed by atoms with van der Waals surface area (Å²) in [6.45, 7) is 2.93. The zero-order valence-corrected chi connectivity index (χ0v) is 9.90. The molecular formula is C13H16N2O2. The number of nitrogens with zero attached hydrogens (tertiary/aromatic N) is 1. The molecular weight excluding hydrogens is 216 g/mol. The summed E-state index contributed by atoms with van der Waals surface area (Å²) in [6, 6.07) is 2.66. The first-order chi connectivity index (χ1) is 8.33. The molecule has 2 aromatic heterocycles. The van der Waals surface area contributed by atoms with Crippen molar-refractivity contribution in [1.29, 1.82) is 0 Å². The molecule has 0 bridgehead atoms. The molecule has 0 amide bonds. The van der Waals surface area contributed by atoms with Crippen molar-refractivity contribution in [2.24, 2.45) is 0 Å². The third-order valence-electron chi connectivity index (χ3n) is 2.99. The molecule has 2 aromatic rings. The maximum atomic E-state index is 5.67. The van der Waals surface area contributed by atoms with Gasteiger partial charge in [-0.2, -0.15) is 0 Å². The van der Waals surface area contributed by atoms with Gasteiger partial charge in [0.05, 0.1) is 12.5 Å². The lowest BCUT2D eigenvalue weighted by molar-refractivity contribution is 0.474. The van der Waals surface area contributed by atoms with Crippen molar-refractivity contribution < 1.29 is 8.83 Å². The number of rotatable bonds is 5. The summed E-state index contributed by atoms with van der Waals surface area (Å²) < 4.78 is 11.0. The van der Waals surface area contributed by atoms with E-state index < -0.39 is 0 Å². The second kappa shape index (κ2) is 4.37. The summed E-state index contributed by atoms with van der Waals surface area (Å²) in [4.78, 5) is 4.26. The highest BCUT2D eigenvalue weighted by molar-refractivity contribution is 5.53. The third kappa shape index (κ3) is 2.42. The Morgan fingerprint density at radius 1 is 1.47 bits per heavy atom. The van der Waals surface area contributed by atoms with Crippen molar-refractivity contribution in [3.63, 3.8) is 0 Å². The smallest absolute Gasteiger partial charge is 0.196 e. The van der Waals surface area contributed by atoms with E-state index in [9.17, 15) is 0 Å². The van der Waals surface area contributed by atoms with Gasteiger partial charge in [-0.15, -0.1) is 0 Å². The lowest BCUT2D eigenvalue weighted by atomic mass is 10.2. The lowest BCUT2D eigenvalue weighted by Gasteiger charge is -1.98. The average molecular weight is 232 g/mol. The van der Waals surface area contributed by atoms with Crippen LogP contribution in [0.2, 0.25) is 0 Å². The largest absolute Gasteiger partial charge is 0.461 e. The number of aromatic nitrogens is 1. The van der Waals surface area contributed by atoms with Gasteiger partial charge in [-0.05, 0) is 31.4 Å². The normalized spacial score (nSPS) is 15.4. The molecule has 0 aliphatic heterocycles. The van der Waals surface area contributed by atoms with Crippen molar-refractivity contribution >= 4 is 0 Å². The highest BCUT2D eigenvalue weighted by atomic mass is 16.4. The summed E-state index contributed by atoms with van der Waals surface area (Å²) in [5.74, 6) is 2.26. The molecule has 1 aliphatic carbocycles. The molecule has 0 saturated heterocycles. The van der Waals surface area contributed by atoms with Gasteiger partial charge in [-0.1, -0.05) is 0 Å². The van der Waals surface area contributed by atoms with Gasteiger partial charge < -0.3 is 14.2 Å². The van der Waals surface area contributed by atoms with Gasteiger partial charge in [0.1, 0.15) is 0 Å². The number of hydrogen-bond donors (Lipinski definition) is 1. The Labute approximate surface area is 100 Å². The first-order valence-corrected chi connectivity index (χ1v) is 6.05. The van der Waals surface area contributed by atoms with Gasteiger partial charge in [0.25, 0.3) is 0 Å². The highest BCUT2D eigenvalue weighted by Crippen LogP contribution is 2.25. The van der Waals surface area contributed by atoms with Crippen LogP contribution in [-0.2, 0) is 6.42 Å². The van der Waals surface area contributed by atoms with Crippen molar-refractivity contribution in [2.45, 2.75) is 32.2 Å². The molecule has 1 N–H and O–H groups in total. The Balaban J connectivity index is 1.63. The molecule has 4 nitrogen and oxygen atoms in total. The Morgan fingerprint density at radius 3 is 3.06 bits per heavy atom. The van der Waals surface area contributed by atoms with Crippen LogP contribution in [-0.4, -0.2) is 17.6 Å². The van der Waals surface area contributed by atoms with E-state index in [-0.39, 0.29) is 0 Å². The second-order valence-electron chi connectivity index (χ2n) is 4.53. The molecule has 1 saturated carbocycles. The number of oxazole rings is 1. The summed E-state index contributed by atoms with van der Waals surface area (Å²) >= 11 is 0. The minimum Gasteiger partial charge on any atom is -0.461 e. The molecule has 2 heterocycles. The summed E-state index contributed by atoms with van der Waals surface area (Å²) in [6.07, 6.45) is 6.85. The van der Waals surface area contributed by atoms with Crippen LogP contribution in [0.5, 0.6) is 0 Å². The van der Waals surface area contributed by atoms with Crippen molar-refractivity contribution in [3.05, 3.63) is 30.0 Å². The maximum absolute atomic E-state index is 5.67. The predicted octanol–water partition coefficient (Wildman–Crippen LogP) is 2.54. The fraction of sp³-hybridized carbons (Fsp3) is 0.462. The van der Waals surface area contributed by atoms with Gasteiger partial charge in [-0.3, -0.25) is 0 Å². The van der Waals surface area contributed by atoms with Gasteiger partial charge in [0, 0.05) is 19.0 Å². The monoisotopic (exact) mass is 232 g/mol. The van der Waals surface area contributed by atoms with Gasteiger partial charge >= 0.3 is 0 Å². The van der Waals surface area contributed by atoms with E-state index in [0.29, 0.717) is 5.76 Å². The van der Waals surface area contributed by atoms with Crippen LogP contribution < -0.4 is 5.32 Å². The maximum Gasteiger partial charge on any atom is 0.196 e. The minimum atomic E-state index is 0.717. The van der Waals surface area contributed by atoms with Crippen LogP contribution in [0.3, 0.4) is 0 Å². The Bertz CT molecular complexity index is 497. The minimum absolute atomic E-state index is 0.717. The number of furan rings is 1. The molecule has 1 aliphatic rings. The van der Waals surface area contributed by atoms with E-state index in [1.807, 2.05) is 13.0 Å². The molecule has 3 rings (SSSR count). The van der Waals surface area contributed by atoms with Crippen molar-refractivity contribution in [3.8, 4) is 11.5 Å². The van der Waals surface area contributed by atoms with Crippen LogP contribution in [0.4, 0.5) is 0 Å². The fourth-order valence-corrected chi connectivity index (χ4v) is 1.83. The van der Waals surface area contributed by atoms with E-state index in [1.165, 1.54) is 12.8 Å². The van der Waals surface area contributed by atoms with Crippen LogP contribution in [0.15, 0.2) is 27.4 Å².